The fourth-order valence-electron chi connectivity index (χ4n) is 2.89. The number of hydrogen-bond acceptors (Lipinski definition) is 6. The second-order valence-corrected chi connectivity index (χ2v) is 7.08. The summed E-state index contributed by atoms with van der Waals surface area (Å²) in [5.41, 5.74) is 0.798. The molecule has 2 unspecified atom stereocenters. The van der Waals surface area contributed by atoms with Gasteiger partial charge in [-0.15, -0.1) is 4.36 Å². The number of nitrogens with zero attached hydrogens (tertiary/aromatic N) is 2. The predicted octanol–water partition coefficient (Wildman–Crippen LogP) is 3.40. The van der Waals surface area contributed by atoms with Crippen molar-refractivity contribution in [3.63, 3.8) is 0 Å². The molecule has 0 heterocycles. The van der Waals surface area contributed by atoms with E-state index >= 15 is 0 Å². The zero-order chi connectivity index (χ0) is 20.6. The Morgan fingerprint density at radius 2 is 2.04 bits per heavy atom. The van der Waals surface area contributed by atoms with Gasteiger partial charge < -0.3 is 10.1 Å². The van der Waals surface area contributed by atoms with Crippen molar-refractivity contribution in [3.8, 4) is 5.75 Å². The van der Waals surface area contributed by atoms with Gasteiger partial charge in [-0.3, -0.25) is 9.69 Å². The number of amides is 1. The molecule has 1 amide bonds. The first kappa shape index (κ1) is 23.0. The maximum atomic E-state index is 13.2. The summed E-state index contributed by atoms with van der Waals surface area (Å²) >= 11 is 5.38. The van der Waals surface area contributed by atoms with Gasteiger partial charge >= 0.3 is 10.5 Å². The third-order valence-electron chi connectivity index (χ3n) is 4.37. The maximum absolute atomic E-state index is 13.2. The molecular weight excluding hydrogens is 386 g/mol. The zero-order valence-electron chi connectivity index (χ0n) is 16.4. The van der Waals surface area contributed by atoms with Crippen LogP contribution in [0.25, 0.3) is 0 Å². The van der Waals surface area contributed by atoms with Crippen LogP contribution in [0.2, 0.25) is 0 Å². The van der Waals surface area contributed by atoms with E-state index in [1.54, 1.807) is 37.1 Å². The molecule has 150 valence electrons. The van der Waals surface area contributed by atoms with Crippen LogP contribution in [-0.4, -0.2) is 44.5 Å². The lowest BCUT2D eigenvalue weighted by molar-refractivity contribution is -0.130. The number of rotatable bonds is 8. The molecule has 0 fully saturated rings. The molecule has 0 spiro atoms. The molecule has 0 radical (unpaired) electrons. The van der Waals surface area contributed by atoms with Gasteiger partial charge in [0, 0.05) is 13.1 Å². The third kappa shape index (κ3) is 6.00. The van der Waals surface area contributed by atoms with Gasteiger partial charge in [-0.1, -0.05) is 26.3 Å². The molecule has 0 saturated heterocycles. The number of carbonyl (C=O) groups is 1. The van der Waals surface area contributed by atoms with Crippen LogP contribution >= 0.6 is 12.2 Å². The average Bonchev–Trinajstić information content (AvgIpc) is 2.65. The molecule has 0 aliphatic rings. The Balaban J connectivity index is 3.31. The molecule has 7 nitrogen and oxygen atoms in total. The minimum absolute atomic E-state index is 0.00134. The van der Waals surface area contributed by atoms with Gasteiger partial charge in [0.15, 0.2) is 5.11 Å². The Hall–Kier alpha value is -2.00. The van der Waals surface area contributed by atoms with E-state index in [4.69, 9.17) is 17.0 Å². The van der Waals surface area contributed by atoms with Crippen molar-refractivity contribution in [2.45, 2.75) is 52.0 Å². The highest BCUT2D eigenvalue weighted by molar-refractivity contribution is 7.80. The summed E-state index contributed by atoms with van der Waals surface area (Å²) in [5.74, 6) is -0.348. The minimum atomic E-state index is -2.62. The van der Waals surface area contributed by atoms with Crippen LogP contribution < -0.4 is 10.1 Å². The number of benzene rings is 1. The van der Waals surface area contributed by atoms with Crippen molar-refractivity contribution in [3.05, 3.63) is 23.8 Å². The molecule has 0 aromatic heterocycles. The van der Waals surface area contributed by atoms with Crippen molar-refractivity contribution in [1.82, 2.24) is 10.2 Å². The summed E-state index contributed by atoms with van der Waals surface area (Å²) in [7, 11) is 0.504. The molecule has 0 aliphatic heterocycles. The number of thiocarbonyl (C=S) groups is 1. The molecule has 0 saturated carbocycles. The summed E-state index contributed by atoms with van der Waals surface area (Å²) in [4.78, 5) is 14.9. The standard InChI is InChI=1S/C18H27N3O4S2/c1-6-8-14(7-2)21(18(26)19-4)17(22)12(3)13-9-10-16(25-5)15(11-13)20-27(23)24/h9-12,14H,6-8H2,1-5H3,(H,19,26). The molecule has 1 aromatic rings. The molecular formula is C18H27N3O4S2. The van der Waals surface area contributed by atoms with Crippen molar-refractivity contribution < 1.29 is 17.9 Å². The van der Waals surface area contributed by atoms with Crippen LogP contribution in [0.3, 0.4) is 0 Å². The number of hydrogen-bond donors (Lipinski definition) is 1. The van der Waals surface area contributed by atoms with Crippen LogP contribution in [0, 0.1) is 0 Å². The van der Waals surface area contributed by atoms with Gasteiger partial charge in [-0.05, 0) is 49.7 Å². The van der Waals surface area contributed by atoms with Crippen LogP contribution in [-0.2, 0) is 15.3 Å². The van der Waals surface area contributed by atoms with E-state index in [-0.39, 0.29) is 17.6 Å². The number of methoxy groups -OCH3 is 1. The maximum Gasteiger partial charge on any atom is 0.316 e. The van der Waals surface area contributed by atoms with Crippen molar-refractivity contribution in [2.75, 3.05) is 14.2 Å². The third-order valence-corrected chi connectivity index (χ3v) is 5.12. The van der Waals surface area contributed by atoms with E-state index < -0.39 is 16.4 Å². The Morgan fingerprint density at radius 1 is 1.37 bits per heavy atom. The summed E-state index contributed by atoms with van der Waals surface area (Å²) in [6, 6.07) is 4.89. The summed E-state index contributed by atoms with van der Waals surface area (Å²) < 4.78 is 30.6. The van der Waals surface area contributed by atoms with E-state index in [2.05, 4.69) is 16.6 Å². The molecule has 0 bridgehead atoms. The highest BCUT2D eigenvalue weighted by Gasteiger charge is 2.30. The monoisotopic (exact) mass is 413 g/mol. The molecule has 9 heteroatoms. The smallest absolute Gasteiger partial charge is 0.316 e. The average molecular weight is 414 g/mol. The summed E-state index contributed by atoms with van der Waals surface area (Å²) in [6.45, 7) is 5.86. The van der Waals surface area contributed by atoms with Crippen LogP contribution in [0.15, 0.2) is 22.6 Å². The fraction of sp³-hybridized carbons (Fsp3) is 0.556. The van der Waals surface area contributed by atoms with Crippen LogP contribution in [0.1, 0.15) is 51.5 Å². The van der Waals surface area contributed by atoms with E-state index in [1.165, 1.54) is 7.11 Å². The summed E-state index contributed by atoms with van der Waals surface area (Å²) in [6.07, 6.45) is 2.56. The number of ether oxygens (including phenoxy) is 1. The Labute approximate surface area is 167 Å². The lowest BCUT2D eigenvalue weighted by Crippen LogP contribution is -2.49. The molecule has 2 atom stereocenters. The molecule has 1 aromatic carbocycles. The van der Waals surface area contributed by atoms with E-state index in [0.717, 1.165) is 19.3 Å². The highest BCUT2D eigenvalue weighted by Crippen LogP contribution is 2.32. The second-order valence-electron chi connectivity index (χ2n) is 6.08. The minimum Gasteiger partial charge on any atom is -0.494 e. The number of carbonyl (C=O) groups excluding carboxylic acids is 1. The molecule has 0 aliphatic carbocycles. The van der Waals surface area contributed by atoms with Gasteiger partial charge in [0.1, 0.15) is 11.4 Å². The lowest BCUT2D eigenvalue weighted by atomic mass is 9.97. The van der Waals surface area contributed by atoms with Gasteiger partial charge in [0.25, 0.3) is 0 Å². The van der Waals surface area contributed by atoms with Crippen molar-refractivity contribution >= 4 is 39.4 Å². The van der Waals surface area contributed by atoms with E-state index in [9.17, 15) is 13.2 Å². The zero-order valence-corrected chi connectivity index (χ0v) is 18.0. The fourth-order valence-corrected chi connectivity index (χ4v) is 3.44. The first-order chi connectivity index (χ1) is 12.8. The Kier molecular flexibility index (Phi) is 9.37. The Bertz CT molecular complexity index is 801. The number of nitrogens with one attached hydrogen (secondary N) is 1. The second kappa shape index (κ2) is 11.0. The van der Waals surface area contributed by atoms with E-state index in [0.29, 0.717) is 16.4 Å². The van der Waals surface area contributed by atoms with Gasteiger partial charge in [-0.25, -0.2) is 0 Å². The molecule has 1 N–H and O–H groups in total. The van der Waals surface area contributed by atoms with Gasteiger partial charge in [0.05, 0.1) is 13.0 Å². The van der Waals surface area contributed by atoms with Crippen LogP contribution in [0.5, 0.6) is 5.75 Å². The molecule has 27 heavy (non-hydrogen) atoms. The predicted molar refractivity (Wildman–Crippen MR) is 110 cm³/mol. The van der Waals surface area contributed by atoms with Gasteiger partial charge in [0.2, 0.25) is 5.91 Å². The van der Waals surface area contributed by atoms with Crippen molar-refractivity contribution in [1.29, 1.82) is 0 Å². The quantitative estimate of drug-likeness (QED) is 0.657. The van der Waals surface area contributed by atoms with E-state index in [1.807, 2.05) is 6.92 Å². The van der Waals surface area contributed by atoms with Crippen molar-refractivity contribution in [2.24, 2.45) is 4.36 Å². The van der Waals surface area contributed by atoms with Crippen LogP contribution in [0.4, 0.5) is 5.69 Å². The summed E-state index contributed by atoms with van der Waals surface area (Å²) in [5, 5.41) is 3.28. The highest BCUT2D eigenvalue weighted by atomic mass is 32.2. The molecule has 1 rings (SSSR count). The lowest BCUT2D eigenvalue weighted by Gasteiger charge is -2.33. The largest absolute Gasteiger partial charge is 0.494 e. The normalized spacial score (nSPS) is 12.6. The Morgan fingerprint density at radius 3 is 2.52 bits per heavy atom. The SMILES string of the molecule is CCCC(CC)N(C(=O)C(C)c1ccc(OC)c(N=S(=O)=O)c1)C(=S)NC. The first-order valence-corrected chi connectivity index (χ1v) is 10.3. The first-order valence-electron chi connectivity index (χ1n) is 8.84. The topological polar surface area (TPSA) is 88.1 Å². The van der Waals surface area contributed by atoms with Gasteiger partial charge in [-0.2, -0.15) is 8.42 Å².